The minimum absolute atomic E-state index is 0.0532. The van der Waals surface area contributed by atoms with Crippen LogP contribution in [0.1, 0.15) is 12.0 Å². The highest BCUT2D eigenvalue weighted by molar-refractivity contribution is 6.32. The summed E-state index contributed by atoms with van der Waals surface area (Å²) in [6.45, 7) is 1.80. The second-order valence-electron chi connectivity index (χ2n) is 7.24. The van der Waals surface area contributed by atoms with Crippen LogP contribution in [0.3, 0.4) is 0 Å². The number of nitrogens with zero attached hydrogens (tertiary/aromatic N) is 6. The largest absolute Gasteiger partial charge is 0.365 e. The van der Waals surface area contributed by atoms with E-state index in [1.54, 1.807) is 22.0 Å². The van der Waals surface area contributed by atoms with Crippen molar-refractivity contribution < 1.29 is 4.79 Å². The third-order valence-corrected chi connectivity index (χ3v) is 5.23. The summed E-state index contributed by atoms with van der Waals surface area (Å²) in [5, 5.41) is 19.9. The third kappa shape index (κ3) is 5.29. The zero-order chi connectivity index (χ0) is 21.6. The van der Waals surface area contributed by atoms with E-state index >= 15 is 0 Å². The summed E-state index contributed by atoms with van der Waals surface area (Å²) < 4.78 is 1.55. The van der Waals surface area contributed by atoms with Crippen molar-refractivity contribution in [2.45, 2.75) is 19.5 Å². The Morgan fingerprint density at radius 3 is 2.90 bits per heavy atom. The van der Waals surface area contributed by atoms with Gasteiger partial charge in [-0.2, -0.15) is 15.3 Å². The highest BCUT2D eigenvalue weighted by Gasteiger charge is 2.26. The molecule has 4 rings (SSSR count). The zero-order valence-corrected chi connectivity index (χ0v) is 17.5. The second-order valence-corrected chi connectivity index (χ2v) is 7.64. The van der Waals surface area contributed by atoms with E-state index in [2.05, 4.69) is 31.8 Å². The fourth-order valence-electron chi connectivity index (χ4n) is 3.31. The van der Waals surface area contributed by atoms with Gasteiger partial charge in [0, 0.05) is 25.8 Å². The number of hydrogen-bond acceptors (Lipinski definition) is 7. The van der Waals surface area contributed by atoms with Crippen LogP contribution in [0.25, 0.3) is 0 Å². The maximum atomic E-state index is 12.4. The number of likely N-dealkylation sites (tertiary alicyclic amines) is 1. The standard InChI is InChI=1S/C21H21ClN8O/c22-18-11-25-21(28-20(18)24-9-15-4-2-1-3-5-15)27-17-10-26-30(13-17)14-19(31)29-7-6-16(8-23)12-29/h1-5,10-11,13,16H,6-7,9,12,14H2,(H2,24,25,27,28). The zero-order valence-electron chi connectivity index (χ0n) is 16.7. The van der Waals surface area contributed by atoms with Crippen molar-refractivity contribution in [1.29, 1.82) is 5.26 Å². The van der Waals surface area contributed by atoms with E-state index in [4.69, 9.17) is 16.9 Å². The van der Waals surface area contributed by atoms with Gasteiger partial charge in [-0.15, -0.1) is 0 Å². The number of amides is 1. The Kier molecular flexibility index (Phi) is 6.29. The summed E-state index contributed by atoms with van der Waals surface area (Å²) >= 11 is 6.22. The Morgan fingerprint density at radius 1 is 1.29 bits per heavy atom. The molecular formula is C21H21ClN8O. The lowest BCUT2D eigenvalue weighted by atomic mass is 10.1. The van der Waals surface area contributed by atoms with Crippen molar-refractivity contribution >= 4 is 35.0 Å². The normalized spacial score (nSPS) is 15.5. The molecule has 2 N–H and O–H groups in total. The number of carbonyl (C=O) groups excluding carboxylic acids is 1. The fourth-order valence-corrected chi connectivity index (χ4v) is 3.47. The SMILES string of the molecule is N#CC1CCN(C(=O)Cn2cc(Nc3ncc(Cl)c(NCc4ccccc4)n3)cn2)C1. The van der Waals surface area contributed by atoms with Crippen molar-refractivity contribution in [3.63, 3.8) is 0 Å². The molecule has 9 nitrogen and oxygen atoms in total. The number of hydrogen-bond donors (Lipinski definition) is 2. The number of anilines is 3. The molecule has 0 spiro atoms. The number of nitrogens with one attached hydrogen (secondary N) is 2. The Labute approximate surface area is 184 Å². The van der Waals surface area contributed by atoms with Gasteiger partial charge in [0.15, 0.2) is 5.82 Å². The van der Waals surface area contributed by atoms with Crippen LogP contribution in [0.5, 0.6) is 0 Å². The van der Waals surface area contributed by atoms with Crippen LogP contribution in [0, 0.1) is 17.2 Å². The van der Waals surface area contributed by atoms with E-state index in [0.717, 1.165) is 12.0 Å². The molecule has 1 aliphatic rings. The van der Waals surface area contributed by atoms with Gasteiger partial charge >= 0.3 is 0 Å². The van der Waals surface area contributed by atoms with Crippen molar-refractivity contribution in [2.75, 3.05) is 23.7 Å². The smallest absolute Gasteiger partial charge is 0.244 e. The molecule has 10 heteroatoms. The number of halogens is 1. The molecule has 1 aliphatic heterocycles. The monoisotopic (exact) mass is 436 g/mol. The van der Waals surface area contributed by atoms with Gasteiger partial charge in [0.25, 0.3) is 0 Å². The van der Waals surface area contributed by atoms with E-state index in [1.807, 2.05) is 30.3 Å². The van der Waals surface area contributed by atoms with Gasteiger partial charge in [0.2, 0.25) is 11.9 Å². The van der Waals surface area contributed by atoms with Gasteiger partial charge in [0.1, 0.15) is 11.6 Å². The Balaban J connectivity index is 1.36. The van der Waals surface area contributed by atoms with E-state index < -0.39 is 0 Å². The van der Waals surface area contributed by atoms with Gasteiger partial charge in [-0.25, -0.2) is 4.98 Å². The Morgan fingerprint density at radius 2 is 2.13 bits per heavy atom. The lowest BCUT2D eigenvalue weighted by Crippen LogP contribution is -2.31. The molecular weight excluding hydrogens is 416 g/mol. The summed E-state index contributed by atoms with van der Waals surface area (Å²) in [4.78, 5) is 22.7. The van der Waals surface area contributed by atoms with Gasteiger partial charge in [-0.1, -0.05) is 41.9 Å². The molecule has 0 bridgehead atoms. The van der Waals surface area contributed by atoms with Crippen molar-refractivity contribution in [2.24, 2.45) is 5.92 Å². The average molecular weight is 437 g/mol. The molecule has 0 saturated carbocycles. The van der Waals surface area contributed by atoms with Crippen LogP contribution in [0.15, 0.2) is 48.9 Å². The van der Waals surface area contributed by atoms with E-state index in [1.165, 1.54) is 6.20 Å². The molecule has 1 fully saturated rings. The summed E-state index contributed by atoms with van der Waals surface area (Å²) in [5.41, 5.74) is 1.76. The number of nitriles is 1. The first kappa shape index (κ1) is 20.6. The molecule has 3 heterocycles. The number of benzene rings is 1. The van der Waals surface area contributed by atoms with Crippen LogP contribution in [0.2, 0.25) is 5.02 Å². The minimum atomic E-state index is -0.0782. The lowest BCUT2D eigenvalue weighted by Gasteiger charge is -2.15. The van der Waals surface area contributed by atoms with Crippen LogP contribution in [0.4, 0.5) is 17.5 Å². The molecule has 0 radical (unpaired) electrons. The third-order valence-electron chi connectivity index (χ3n) is 4.96. The van der Waals surface area contributed by atoms with E-state index in [9.17, 15) is 4.79 Å². The quantitative estimate of drug-likeness (QED) is 0.585. The summed E-state index contributed by atoms with van der Waals surface area (Å²) in [6.07, 6.45) is 5.56. The van der Waals surface area contributed by atoms with E-state index in [-0.39, 0.29) is 18.4 Å². The maximum absolute atomic E-state index is 12.4. The number of carbonyl (C=O) groups is 1. The Hall–Kier alpha value is -3.64. The molecule has 1 amide bonds. The van der Waals surface area contributed by atoms with Gasteiger partial charge in [-0.3, -0.25) is 9.48 Å². The molecule has 0 aliphatic carbocycles. The predicted octanol–water partition coefficient (Wildman–Crippen LogP) is 3.05. The van der Waals surface area contributed by atoms with Gasteiger partial charge in [-0.05, 0) is 12.0 Å². The topological polar surface area (TPSA) is 112 Å². The number of rotatable bonds is 7. The Bertz CT molecular complexity index is 1090. The number of aromatic nitrogens is 4. The highest BCUT2D eigenvalue weighted by Crippen LogP contribution is 2.22. The van der Waals surface area contributed by atoms with Crippen LogP contribution in [-0.2, 0) is 17.9 Å². The van der Waals surface area contributed by atoms with Crippen molar-refractivity contribution in [3.05, 3.63) is 59.5 Å². The van der Waals surface area contributed by atoms with Gasteiger partial charge in [0.05, 0.1) is 30.1 Å². The molecule has 1 atom stereocenters. The summed E-state index contributed by atoms with van der Waals surface area (Å²) in [5.74, 6) is 0.752. The first-order valence-electron chi connectivity index (χ1n) is 9.88. The molecule has 1 aromatic carbocycles. The molecule has 1 unspecified atom stereocenters. The van der Waals surface area contributed by atoms with Crippen LogP contribution < -0.4 is 10.6 Å². The fraction of sp³-hybridized carbons (Fsp3) is 0.286. The molecule has 2 aromatic heterocycles. The van der Waals surface area contributed by atoms with Crippen molar-refractivity contribution in [3.8, 4) is 6.07 Å². The van der Waals surface area contributed by atoms with E-state index in [0.29, 0.717) is 42.1 Å². The lowest BCUT2D eigenvalue weighted by molar-refractivity contribution is -0.131. The van der Waals surface area contributed by atoms with Crippen LogP contribution >= 0.6 is 11.6 Å². The van der Waals surface area contributed by atoms with Gasteiger partial charge < -0.3 is 15.5 Å². The highest BCUT2D eigenvalue weighted by atomic mass is 35.5. The minimum Gasteiger partial charge on any atom is -0.365 e. The predicted molar refractivity (Wildman–Crippen MR) is 117 cm³/mol. The average Bonchev–Trinajstić information content (AvgIpc) is 3.44. The first-order chi connectivity index (χ1) is 15.1. The van der Waals surface area contributed by atoms with Crippen molar-refractivity contribution in [1.82, 2.24) is 24.6 Å². The second kappa shape index (κ2) is 9.45. The summed E-state index contributed by atoms with van der Waals surface area (Å²) in [7, 11) is 0. The molecule has 31 heavy (non-hydrogen) atoms. The summed E-state index contributed by atoms with van der Waals surface area (Å²) in [6, 6.07) is 12.1. The maximum Gasteiger partial charge on any atom is 0.244 e. The molecule has 1 saturated heterocycles. The first-order valence-corrected chi connectivity index (χ1v) is 10.3. The molecule has 158 valence electrons. The van der Waals surface area contributed by atoms with Crippen LogP contribution in [-0.4, -0.2) is 43.6 Å². The molecule has 3 aromatic rings.